The molecule has 0 aliphatic heterocycles. The summed E-state index contributed by atoms with van der Waals surface area (Å²) in [6.45, 7) is 1.76. The molecule has 0 radical (unpaired) electrons. The Morgan fingerprint density at radius 1 is 1.21 bits per heavy atom. The number of nitro benzene ring substituents is 1. The van der Waals surface area contributed by atoms with Crippen LogP contribution < -0.4 is 10.1 Å². The van der Waals surface area contributed by atoms with Crippen LogP contribution in [0.1, 0.15) is 18.4 Å². The lowest BCUT2D eigenvalue weighted by molar-refractivity contribution is -0.385. The van der Waals surface area contributed by atoms with E-state index in [-0.39, 0.29) is 29.5 Å². The van der Waals surface area contributed by atoms with E-state index in [4.69, 9.17) is 4.74 Å². The summed E-state index contributed by atoms with van der Waals surface area (Å²) in [7, 11) is -0.729. The van der Waals surface area contributed by atoms with E-state index in [1.807, 2.05) is 0 Å². The molecular formula is C19H23N3O6S. The molecule has 0 atom stereocenters. The number of ether oxygens (including phenoxy) is 1. The molecule has 2 aromatic carbocycles. The maximum atomic E-state index is 12.6. The van der Waals surface area contributed by atoms with Crippen molar-refractivity contribution in [2.45, 2.75) is 24.7 Å². The van der Waals surface area contributed by atoms with Crippen LogP contribution in [0.5, 0.6) is 5.75 Å². The third-order valence-electron chi connectivity index (χ3n) is 4.33. The highest BCUT2D eigenvalue weighted by Crippen LogP contribution is 2.22. The number of anilines is 1. The Hall–Kier alpha value is -2.98. The average molecular weight is 421 g/mol. The van der Waals surface area contributed by atoms with Crippen molar-refractivity contribution in [3.05, 3.63) is 58.1 Å². The highest BCUT2D eigenvalue weighted by atomic mass is 32.2. The smallest absolute Gasteiger partial charge is 0.274 e. The molecule has 0 aromatic heterocycles. The van der Waals surface area contributed by atoms with E-state index < -0.39 is 14.9 Å². The van der Waals surface area contributed by atoms with Crippen molar-refractivity contribution in [1.29, 1.82) is 0 Å². The Balaban J connectivity index is 1.90. The summed E-state index contributed by atoms with van der Waals surface area (Å²) in [6.07, 6.45) is 0.371. The highest BCUT2D eigenvalue weighted by Gasteiger charge is 2.20. The molecule has 156 valence electrons. The van der Waals surface area contributed by atoms with Crippen LogP contribution in [-0.4, -0.2) is 44.3 Å². The van der Waals surface area contributed by atoms with Gasteiger partial charge in [-0.15, -0.1) is 0 Å². The predicted molar refractivity (Wildman–Crippen MR) is 109 cm³/mol. The van der Waals surface area contributed by atoms with Crippen molar-refractivity contribution in [2.24, 2.45) is 0 Å². The van der Waals surface area contributed by atoms with Gasteiger partial charge in [-0.3, -0.25) is 14.9 Å². The Morgan fingerprint density at radius 3 is 2.45 bits per heavy atom. The van der Waals surface area contributed by atoms with E-state index in [1.165, 1.54) is 36.7 Å². The Labute approximate surface area is 169 Å². The average Bonchev–Trinajstić information content (AvgIpc) is 2.69. The summed E-state index contributed by atoms with van der Waals surface area (Å²) in [5.41, 5.74) is 0.748. The number of hydrogen-bond donors (Lipinski definition) is 1. The van der Waals surface area contributed by atoms with Crippen LogP contribution in [0.2, 0.25) is 0 Å². The molecule has 0 saturated heterocycles. The largest absolute Gasteiger partial charge is 0.497 e. The van der Waals surface area contributed by atoms with Crippen molar-refractivity contribution in [3.63, 3.8) is 0 Å². The van der Waals surface area contributed by atoms with Gasteiger partial charge in [0.05, 0.1) is 16.9 Å². The van der Waals surface area contributed by atoms with Crippen molar-refractivity contribution in [1.82, 2.24) is 4.31 Å². The van der Waals surface area contributed by atoms with E-state index >= 15 is 0 Å². The molecule has 0 spiro atoms. The number of sulfonamides is 1. The van der Waals surface area contributed by atoms with Crippen LogP contribution in [0.3, 0.4) is 0 Å². The number of hydrogen-bond acceptors (Lipinski definition) is 6. The third kappa shape index (κ3) is 5.75. The fourth-order valence-electron chi connectivity index (χ4n) is 2.62. The highest BCUT2D eigenvalue weighted by molar-refractivity contribution is 7.89. The van der Waals surface area contributed by atoms with Crippen LogP contribution in [0.4, 0.5) is 11.4 Å². The molecule has 9 nitrogen and oxygen atoms in total. The van der Waals surface area contributed by atoms with Gasteiger partial charge in [-0.05, 0) is 43.7 Å². The number of amides is 1. The lowest BCUT2D eigenvalue weighted by Gasteiger charge is -2.17. The molecule has 0 heterocycles. The minimum absolute atomic E-state index is 0.0736. The zero-order chi connectivity index (χ0) is 21.6. The van der Waals surface area contributed by atoms with E-state index in [2.05, 4.69) is 5.32 Å². The number of nitrogens with one attached hydrogen (secondary N) is 1. The van der Waals surface area contributed by atoms with Gasteiger partial charge in [-0.2, -0.15) is 0 Å². The SMILES string of the molecule is COc1ccc(S(=O)(=O)N(C)CCCC(=O)Nc2ccc(C)c([N+](=O)[O-])c2)cc1. The van der Waals surface area contributed by atoms with Gasteiger partial charge in [-0.1, -0.05) is 6.07 Å². The topological polar surface area (TPSA) is 119 Å². The number of carbonyl (C=O) groups excluding carboxylic acids is 1. The van der Waals surface area contributed by atoms with E-state index in [1.54, 1.807) is 31.2 Å². The summed E-state index contributed by atoms with van der Waals surface area (Å²) in [5.74, 6) is 0.206. The van der Waals surface area contributed by atoms with Crippen molar-refractivity contribution in [3.8, 4) is 5.75 Å². The van der Waals surface area contributed by atoms with Gasteiger partial charge in [-0.25, -0.2) is 12.7 Å². The number of nitro groups is 1. The van der Waals surface area contributed by atoms with Crippen LogP contribution in [-0.2, 0) is 14.8 Å². The summed E-state index contributed by atoms with van der Waals surface area (Å²) >= 11 is 0. The molecule has 0 bridgehead atoms. The quantitative estimate of drug-likeness (QED) is 0.491. The number of rotatable bonds is 9. The zero-order valence-corrected chi connectivity index (χ0v) is 17.2. The second-order valence-electron chi connectivity index (χ2n) is 6.41. The van der Waals surface area contributed by atoms with Gasteiger partial charge in [0, 0.05) is 37.3 Å². The molecular weight excluding hydrogens is 398 g/mol. The summed E-state index contributed by atoms with van der Waals surface area (Å²) in [4.78, 5) is 22.7. The second kappa shape index (κ2) is 9.48. The summed E-state index contributed by atoms with van der Waals surface area (Å²) < 4.78 is 31.3. The Morgan fingerprint density at radius 2 is 1.86 bits per heavy atom. The zero-order valence-electron chi connectivity index (χ0n) is 16.4. The molecule has 0 fully saturated rings. The number of aryl methyl sites for hydroxylation is 1. The molecule has 2 aromatic rings. The van der Waals surface area contributed by atoms with E-state index in [9.17, 15) is 23.3 Å². The molecule has 10 heteroatoms. The maximum Gasteiger partial charge on any atom is 0.274 e. The molecule has 1 N–H and O–H groups in total. The second-order valence-corrected chi connectivity index (χ2v) is 8.46. The summed E-state index contributed by atoms with van der Waals surface area (Å²) in [6, 6.07) is 10.5. The van der Waals surface area contributed by atoms with E-state index in [0.717, 1.165) is 0 Å². The fraction of sp³-hybridized carbons (Fsp3) is 0.316. The lowest BCUT2D eigenvalue weighted by Crippen LogP contribution is -2.28. The minimum atomic E-state index is -3.67. The Bertz CT molecular complexity index is 990. The van der Waals surface area contributed by atoms with Crippen LogP contribution in [0.25, 0.3) is 0 Å². The van der Waals surface area contributed by atoms with Crippen LogP contribution in [0, 0.1) is 17.0 Å². The first-order valence-corrected chi connectivity index (χ1v) is 10.2. The monoisotopic (exact) mass is 421 g/mol. The minimum Gasteiger partial charge on any atom is -0.497 e. The molecule has 0 aliphatic carbocycles. The predicted octanol–water partition coefficient (Wildman–Crippen LogP) is 2.95. The standard InChI is InChI=1S/C19H23N3O6S/c1-14-6-7-15(13-18(14)22(24)25)20-19(23)5-4-12-21(2)29(26,27)17-10-8-16(28-3)9-11-17/h6-11,13H,4-5,12H2,1-3H3,(H,20,23). The Kier molecular flexibility index (Phi) is 7.29. The summed E-state index contributed by atoms with van der Waals surface area (Å²) in [5, 5.41) is 13.6. The van der Waals surface area contributed by atoms with Gasteiger partial charge in [0.1, 0.15) is 5.75 Å². The number of benzene rings is 2. The van der Waals surface area contributed by atoms with E-state index in [0.29, 0.717) is 23.4 Å². The first kappa shape index (κ1) is 22.3. The van der Waals surface area contributed by atoms with Gasteiger partial charge in [0.15, 0.2) is 0 Å². The van der Waals surface area contributed by atoms with Crippen molar-refractivity contribution < 1.29 is 22.9 Å². The molecule has 0 saturated carbocycles. The molecule has 0 aliphatic rings. The first-order valence-electron chi connectivity index (χ1n) is 8.80. The molecule has 29 heavy (non-hydrogen) atoms. The van der Waals surface area contributed by atoms with Crippen LogP contribution in [0.15, 0.2) is 47.4 Å². The van der Waals surface area contributed by atoms with Gasteiger partial charge in [0.2, 0.25) is 15.9 Å². The fourth-order valence-corrected chi connectivity index (χ4v) is 3.83. The van der Waals surface area contributed by atoms with Gasteiger partial charge >= 0.3 is 0 Å². The maximum absolute atomic E-state index is 12.6. The van der Waals surface area contributed by atoms with Crippen LogP contribution >= 0.6 is 0 Å². The first-order chi connectivity index (χ1) is 13.6. The molecule has 2 rings (SSSR count). The number of carbonyl (C=O) groups is 1. The number of methoxy groups -OCH3 is 1. The third-order valence-corrected chi connectivity index (χ3v) is 6.21. The van der Waals surface area contributed by atoms with Crippen molar-refractivity contribution >= 4 is 27.3 Å². The lowest BCUT2D eigenvalue weighted by atomic mass is 10.2. The van der Waals surface area contributed by atoms with Gasteiger partial charge < -0.3 is 10.1 Å². The van der Waals surface area contributed by atoms with Gasteiger partial charge in [0.25, 0.3) is 5.69 Å². The molecule has 0 unspecified atom stereocenters. The molecule has 1 amide bonds. The number of nitrogens with zero attached hydrogens (tertiary/aromatic N) is 2. The normalized spacial score (nSPS) is 11.3. The van der Waals surface area contributed by atoms with Crippen molar-refractivity contribution in [2.75, 3.05) is 26.0 Å².